The predicted molar refractivity (Wildman–Crippen MR) is 120 cm³/mol. The molecule has 24 heavy (non-hydrogen) atoms. The summed E-state index contributed by atoms with van der Waals surface area (Å²) in [6.07, 6.45) is 4.96. The van der Waals surface area contributed by atoms with Crippen LogP contribution in [0.5, 0.6) is 0 Å². The summed E-state index contributed by atoms with van der Waals surface area (Å²) < 4.78 is 0. The predicted octanol–water partition coefficient (Wildman–Crippen LogP) is 9.10. The highest BCUT2D eigenvalue weighted by atomic mass is 14.7. The molecule has 0 aliphatic heterocycles. The third-order valence-electron chi connectivity index (χ3n) is 3.10. The van der Waals surface area contributed by atoms with Gasteiger partial charge in [0.05, 0.1) is 0 Å². The summed E-state index contributed by atoms with van der Waals surface area (Å²) in [6.45, 7) is 31.5. The van der Waals surface area contributed by atoms with Gasteiger partial charge in [0, 0.05) is 11.9 Å². The first-order chi connectivity index (χ1) is 11.2. The second kappa shape index (κ2) is 30.1. The minimum Gasteiger partial charge on any atom is -0.267 e. The number of rotatable bonds is 4. The van der Waals surface area contributed by atoms with E-state index < -0.39 is 0 Å². The van der Waals surface area contributed by atoms with Crippen LogP contribution in [0.2, 0.25) is 0 Å². The van der Waals surface area contributed by atoms with E-state index in [4.69, 9.17) is 0 Å². The molecule has 1 nitrogen and oxygen atoms in total. The molecular formula is C23H51N. The van der Waals surface area contributed by atoms with E-state index in [9.17, 15) is 0 Å². The monoisotopic (exact) mass is 341 g/mol. The van der Waals surface area contributed by atoms with E-state index in [0.29, 0.717) is 0 Å². The summed E-state index contributed by atoms with van der Waals surface area (Å²) >= 11 is 0. The smallest absolute Gasteiger partial charge is 0.0224 e. The fourth-order valence-corrected chi connectivity index (χ4v) is 1.15. The molecular weight excluding hydrogens is 290 g/mol. The summed E-state index contributed by atoms with van der Waals surface area (Å²) in [5, 5.41) is 0. The van der Waals surface area contributed by atoms with Gasteiger partial charge in [-0.15, -0.1) is 0 Å². The minimum atomic E-state index is 0.810. The van der Waals surface area contributed by atoms with Crippen LogP contribution in [0, 0.1) is 11.8 Å². The zero-order valence-corrected chi connectivity index (χ0v) is 20.0. The van der Waals surface area contributed by atoms with E-state index in [2.05, 4.69) is 46.5 Å². The highest BCUT2D eigenvalue weighted by Crippen LogP contribution is 2.20. The lowest BCUT2D eigenvalue weighted by Crippen LogP contribution is -2.04. The van der Waals surface area contributed by atoms with Crippen LogP contribution in [0.15, 0.2) is 28.4 Å². The fourth-order valence-electron chi connectivity index (χ4n) is 1.15. The topological polar surface area (TPSA) is 12.4 Å². The summed E-state index contributed by atoms with van der Waals surface area (Å²) in [6, 6.07) is 0. The van der Waals surface area contributed by atoms with Gasteiger partial charge in [0.15, 0.2) is 0 Å². The number of nitrogens with zero attached hydrogens (tertiary/aromatic N) is 1. The highest BCUT2D eigenvalue weighted by molar-refractivity contribution is 5.79. The summed E-state index contributed by atoms with van der Waals surface area (Å²) in [7, 11) is 0. The molecule has 1 unspecified atom stereocenters. The van der Waals surface area contributed by atoms with Crippen molar-refractivity contribution in [1.29, 1.82) is 0 Å². The van der Waals surface area contributed by atoms with Crippen molar-refractivity contribution in [1.82, 2.24) is 0 Å². The number of allylic oxidation sites excluding steroid dienone is 3. The van der Waals surface area contributed by atoms with E-state index in [1.165, 1.54) is 12.0 Å². The Labute approximate surface area is 156 Å². The Morgan fingerprint density at radius 1 is 0.792 bits per heavy atom. The van der Waals surface area contributed by atoms with E-state index >= 15 is 0 Å². The Balaban J connectivity index is -0.0000000797. The molecule has 0 heterocycles. The van der Waals surface area contributed by atoms with Gasteiger partial charge in [-0.2, -0.15) is 0 Å². The number of hydrogen-bond acceptors (Lipinski definition) is 1. The van der Waals surface area contributed by atoms with Crippen LogP contribution in [0.4, 0.5) is 0 Å². The Morgan fingerprint density at radius 2 is 1.17 bits per heavy atom. The van der Waals surface area contributed by atoms with Gasteiger partial charge in [-0.3, -0.25) is 4.99 Å². The molecule has 0 saturated heterocycles. The van der Waals surface area contributed by atoms with Crippen LogP contribution in [-0.2, 0) is 0 Å². The molecule has 0 aromatic carbocycles. The molecule has 0 aromatic rings. The first-order valence-electron chi connectivity index (χ1n) is 9.97. The van der Waals surface area contributed by atoms with Gasteiger partial charge >= 0.3 is 0 Å². The number of aliphatic imine (C=N–C) groups is 1. The lowest BCUT2D eigenvalue weighted by atomic mass is 9.90. The molecule has 0 aromatic heterocycles. The highest BCUT2D eigenvalue weighted by Gasteiger charge is 2.07. The SMILES string of the molecule is C/C=C\N=C(C)C.CC.CC.CC.CC(C)=C(C)CC(C)C(C)C. The van der Waals surface area contributed by atoms with Crippen molar-refractivity contribution >= 4 is 5.71 Å². The van der Waals surface area contributed by atoms with Crippen LogP contribution < -0.4 is 0 Å². The van der Waals surface area contributed by atoms with Gasteiger partial charge in [-0.05, 0) is 59.8 Å². The average Bonchev–Trinajstić information content (AvgIpc) is 2.58. The van der Waals surface area contributed by atoms with Gasteiger partial charge in [-0.1, -0.05) is 79.5 Å². The quantitative estimate of drug-likeness (QED) is 0.357. The average molecular weight is 342 g/mol. The Bertz CT molecular complexity index is 285. The van der Waals surface area contributed by atoms with Crippen LogP contribution in [0.1, 0.15) is 110 Å². The molecule has 0 aliphatic carbocycles. The second-order valence-electron chi connectivity index (χ2n) is 5.76. The standard InChI is InChI=1S/C11H22.C6H11N.3C2H6/c1-8(2)10(5)7-11(6)9(3)4;1-4-5-7-6(2)3;3*1-2/h8,10H,7H2,1-6H3;4-5H,1-3H3;3*1-2H3/b;5-4-;;;. The zero-order chi connectivity index (χ0) is 20.7. The molecule has 0 fully saturated rings. The van der Waals surface area contributed by atoms with Gasteiger partial charge < -0.3 is 0 Å². The lowest BCUT2D eigenvalue weighted by Gasteiger charge is -2.16. The zero-order valence-electron chi connectivity index (χ0n) is 20.0. The molecule has 0 bridgehead atoms. The molecule has 0 N–H and O–H groups in total. The van der Waals surface area contributed by atoms with Crippen molar-refractivity contribution in [2.75, 3.05) is 0 Å². The lowest BCUT2D eigenvalue weighted by molar-refractivity contribution is 0.415. The van der Waals surface area contributed by atoms with Crippen molar-refractivity contribution in [3.63, 3.8) is 0 Å². The van der Waals surface area contributed by atoms with E-state index in [1.807, 2.05) is 68.4 Å². The molecule has 0 aliphatic rings. The van der Waals surface area contributed by atoms with Crippen molar-refractivity contribution in [3.8, 4) is 0 Å². The summed E-state index contributed by atoms with van der Waals surface area (Å²) in [5.74, 6) is 1.63. The minimum absolute atomic E-state index is 0.810. The Morgan fingerprint density at radius 3 is 1.33 bits per heavy atom. The van der Waals surface area contributed by atoms with Crippen molar-refractivity contribution in [2.24, 2.45) is 16.8 Å². The largest absolute Gasteiger partial charge is 0.267 e. The van der Waals surface area contributed by atoms with Crippen LogP contribution >= 0.6 is 0 Å². The first-order valence-corrected chi connectivity index (χ1v) is 9.97. The van der Waals surface area contributed by atoms with Crippen LogP contribution in [0.25, 0.3) is 0 Å². The maximum Gasteiger partial charge on any atom is 0.0224 e. The molecule has 1 heteroatoms. The van der Waals surface area contributed by atoms with Crippen LogP contribution in [0.3, 0.4) is 0 Å². The van der Waals surface area contributed by atoms with Gasteiger partial charge in [-0.25, -0.2) is 0 Å². The summed E-state index contributed by atoms with van der Waals surface area (Å²) in [4.78, 5) is 3.98. The molecule has 0 radical (unpaired) electrons. The molecule has 1 atom stereocenters. The fraction of sp³-hybridized carbons (Fsp3) is 0.783. The maximum absolute atomic E-state index is 3.98. The normalized spacial score (nSPS) is 9.67. The van der Waals surface area contributed by atoms with Gasteiger partial charge in [0.1, 0.15) is 0 Å². The van der Waals surface area contributed by atoms with E-state index in [1.54, 1.807) is 11.8 Å². The van der Waals surface area contributed by atoms with Crippen molar-refractivity contribution < 1.29 is 0 Å². The molecule has 0 spiro atoms. The number of hydrogen-bond donors (Lipinski definition) is 0. The first kappa shape index (κ1) is 34.5. The summed E-state index contributed by atoms with van der Waals surface area (Å²) in [5.41, 5.74) is 4.14. The Hall–Kier alpha value is -0.850. The maximum atomic E-state index is 3.98. The second-order valence-corrected chi connectivity index (χ2v) is 5.76. The van der Waals surface area contributed by atoms with Crippen molar-refractivity contribution in [2.45, 2.75) is 110 Å². The van der Waals surface area contributed by atoms with E-state index in [-0.39, 0.29) is 0 Å². The third kappa shape index (κ3) is 37.4. The van der Waals surface area contributed by atoms with Crippen LogP contribution in [-0.4, -0.2) is 5.71 Å². The molecule has 148 valence electrons. The van der Waals surface area contributed by atoms with Gasteiger partial charge in [0.2, 0.25) is 0 Å². The van der Waals surface area contributed by atoms with Crippen molar-refractivity contribution in [3.05, 3.63) is 23.4 Å². The molecule has 0 amide bonds. The van der Waals surface area contributed by atoms with Gasteiger partial charge in [0.25, 0.3) is 0 Å². The third-order valence-corrected chi connectivity index (χ3v) is 3.10. The molecule has 0 saturated carbocycles. The molecule has 0 rings (SSSR count). The Kier molecular flexibility index (Phi) is 43.2. The van der Waals surface area contributed by atoms with E-state index in [0.717, 1.165) is 17.5 Å².